The van der Waals surface area contributed by atoms with Gasteiger partial charge >= 0.3 is 6.18 Å². The summed E-state index contributed by atoms with van der Waals surface area (Å²) in [4.78, 5) is 30.5. The number of nitrogens with zero attached hydrogens (tertiary/aromatic N) is 1. The Morgan fingerprint density at radius 3 is 2.52 bits per heavy atom. The second-order valence-corrected chi connectivity index (χ2v) is 10.3. The van der Waals surface area contributed by atoms with Gasteiger partial charge in [-0.15, -0.1) is 0 Å². The number of hydrogen-bond acceptors (Lipinski definition) is 5. The molecular formula is C27H20ClF5N4O3. The number of nitrogens with one attached hydrogen (secondary N) is 3. The van der Waals surface area contributed by atoms with E-state index in [0.29, 0.717) is 12.1 Å². The molecule has 3 aromatic rings. The number of anilines is 2. The summed E-state index contributed by atoms with van der Waals surface area (Å²) in [6.07, 6.45) is -4.90. The van der Waals surface area contributed by atoms with Gasteiger partial charge in [0.15, 0.2) is 0 Å². The molecule has 208 valence electrons. The lowest BCUT2D eigenvalue weighted by Gasteiger charge is -2.19. The van der Waals surface area contributed by atoms with Crippen LogP contribution in [0.4, 0.5) is 33.3 Å². The van der Waals surface area contributed by atoms with E-state index in [2.05, 4.69) is 20.9 Å². The standard InChI is InChI=1S/C27H20ClF5N4O3/c1-26(2)11-40-25(37-26)34-16-9-18-21(22(36-24(18)39)17-8-14(29)3-4-19(17)28)20(10-16)35-23(38)12-5-13(27(31,32)33)7-15(30)6-12/h3-10,22H,11H2,1-2H3,(H,34,37)(H,35,38)(H,36,39). The molecule has 5 rings (SSSR count). The molecule has 3 N–H and O–H groups in total. The lowest BCUT2D eigenvalue weighted by Crippen LogP contribution is -2.21. The van der Waals surface area contributed by atoms with Gasteiger partial charge < -0.3 is 20.7 Å². The Bertz CT molecular complexity index is 1590. The summed E-state index contributed by atoms with van der Waals surface area (Å²) in [5.41, 5.74) is -1.81. The van der Waals surface area contributed by atoms with Gasteiger partial charge in [0.2, 0.25) is 0 Å². The first-order valence-electron chi connectivity index (χ1n) is 11.8. The number of carbonyl (C=O) groups excluding carboxylic acids is 2. The third kappa shape index (κ3) is 5.44. The molecule has 0 aliphatic carbocycles. The molecule has 7 nitrogen and oxygen atoms in total. The Balaban J connectivity index is 1.60. The quantitative estimate of drug-likeness (QED) is 0.317. The van der Waals surface area contributed by atoms with Crippen molar-refractivity contribution in [1.29, 1.82) is 0 Å². The Hall–Kier alpha value is -4.19. The Morgan fingerprint density at radius 1 is 1.10 bits per heavy atom. The fourth-order valence-electron chi connectivity index (χ4n) is 4.43. The van der Waals surface area contributed by atoms with Gasteiger partial charge in [0.25, 0.3) is 17.8 Å². The molecule has 0 aromatic heterocycles. The number of alkyl halides is 3. The molecule has 1 atom stereocenters. The lowest BCUT2D eigenvalue weighted by molar-refractivity contribution is -0.137. The number of rotatable bonds is 4. The highest BCUT2D eigenvalue weighted by Gasteiger charge is 2.36. The normalized spacial score (nSPS) is 17.6. The number of amidine groups is 1. The molecule has 0 bridgehead atoms. The summed E-state index contributed by atoms with van der Waals surface area (Å²) in [5.74, 6) is -3.56. The number of halogens is 6. The van der Waals surface area contributed by atoms with Crippen LogP contribution in [0, 0.1) is 11.6 Å². The molecule has 2 aliphatic heterocycles. The van der Waals surface area contributed by atoms with Gasteiger partial charge in [-0.2, -0.15) is 13.2 Å². The van der Waals surface area contributed by atoms with Crippen LogP contribution >= 0.6 is 11.6 Å². The van der Waals surface area contributed by atoms with Crippen molar-refractivity contribution in [3.63, 3.8) is 0 Å². The highest BCUT2D eigenvalue weighted by atomic mass is 35.5. The Kier molecular flexibility index (Phi) is 6.69. The lowest BCUT2D eigenvalue weighted by atomic mass is 9.95. The minimum atomic E-state index is -4.90. The number of ether oxygens (including phenoxy) is 1. The largest absolute Gasteiger partial charge is 0.462 e. The van der Waals surface area contributed by atoms with Crippen LogP contribution in [-0.4, -0.2) is 30.0 Å². The molecule has 2 heterocycles. The van der Waals surface area contributed by atoms with Crippen molar-refractivity contribution in [3.8, 4) is 0 Å². The van der Waals surface area contributed by atoms with Crippen LogP contribution in [0.15, 0.2) is 53.5 Å². The first-order chi connectivity index (χ1) is 18.7. The Morgan fingerprint density at radius 2 is 1.85 bits per heavy atom. The number of benzene rings is 3. The minimum absolute atomic E-state index is 0.0237. The van der Waals surface area contributed by atoms with E-state index in [-0.39, 0.29) is 51.8 Å². The van der Waals surface area contributed by atoms with Crippen molar-refractivity contribution in [3.05, 3.63) is 93.0 Å². The molecule has 1 unspecified atom stereocenters. The molecule has 0 saturated carbocycles. The molecule has 0 fully saturated rings. The maximum atomic E-state index is 14.1. The van der Waals surface area contributed by atoms with Crippen molar-refractivity contribution in [2.45, 2.75) is 31.6 Å². The molecule has 0 radical (unpaired) electrons. The summed E-state index contributed by atoms with van der Waals surface area (Å²) < 4.78 is 73.4. The first kappa shape index (κ1) is 27.4. The molecule has 13 heteroatoms. The number of amides is 2. The zero-order valence-corrected chi connectivity index (χ0v) is 21.6. The van der Waals surface area contributed by atoms with E-state index < -0.39 is 52.3 Å². The molecule has 2 aliphatic rings. The molecule has 40 heavy (non-hydrogen) atoms. The van der Waals surface area contributed by atoms with E-state index in [0.717, 1.165) is 12.1 Å². The molecule has 2 amide bonds. The maximum absolute atomic E-state index is 14.1. The number of aliphatic imine (C=N–C) groups is 1. The monoisotopic (exact) mass is 578 g/mol. The van der Waals surface area contributed by atoms with Gasteiger partial charge in [0, 0.05) is 38.7 Å². The van der Waals surface area contributed by atoms with Crippen molar-refractivity contribution in [1.82, 2.24) is 5.32 Å². The van der Waals surface area contributed by atoms with E-state index in [1.807, 2.05) is 13.8 Å². The fraction of sp³-hybridized carbons (Fsp3) is 0.222. The van der Waals surface area contributed by atoms with Gasteiger partial charge in [0.1, 0.15) is 18.2 Å². The smallest absolute Gasteiger partial charge is 0.416 e. The predicted molar refractivity (Wildman–Crippen MR) is 138 cm³/mol. The zero-order chi connectivity index (χ0) is 29.0. The summed E-state index contributed by atoms with van der Waals surface area (Å²) >= 11 is 6.30. The maximum Gasteiger partial charge on any atom is 0.416 e. The van der Waals surface area contributed by atoms with Crippen molar-refractivity contribution >= 4 is 40.8 Å². The van der Waals surface area contributed by atoms with Crippen LogP contribution in [0.25, 0.3) is 0 Å². The van der Waals surface area contributed by atoms with Crippen molar-refractivity contribution in [2.75, 3.05) is 17.2 Å². The molecular weight excluding hydrogens is 559 g/mol. The summed E-state index contributed by atoms with van der Waals surface area (Å²) in [7, 11) is 0. The summed E-state index contributed by atoms with van der Waals surface area (Å²) in [6, 6.07) is 6.96. The van der Waals surface area contributed by atoms with E-state index in [4.69, 9.17) is 16.3 Å². The second kappa shape index (κ2) is 9.77. The van der Waals surface area contributed by atoms with E-state index in [9.17, 15) is 31.5 Å². The fourth-order valence-corrected chi connectivity index (χ4v) is 4.66. The average Bonchev–Trinajstić information content (AvgIpc) is 3.37. The summed E-state index contributed by atoms with van der Waals surface area (Å²) in [6.45, 7) is 3.96. The highest BCUT2D eigenvalue weighted by molar-refractivity contribution is 6.31. The van der Waals surface area contributed by atoms with E-state index >= 15 is 0 Å². The highest BCUT2D eigenvalue weighted by Crippen LogP contribution is 2.41. The third-order valence-corrected chi connectivity index (χ3v) is 6.56. The van der Waals surface area contributed by atoms with Crippen molar-refractivity contribution < 1.29 is 36.3 Å². The van der Waals surface area contributed by atoms with Crippen LogP contribution in [0.2, 0.25) is 5.02 Å². The van der Waals surface area contributed by atoms with Gasteiger partial charge in [-0.3, -0.25) is 9.59 Å². The van der Waals surface area contributed by atoms with Crippen molar-refractivity contribution in [2.24, 2.45) is 4.99 Å². The zero-order valence-electron chi connectivity index (χ0n) is 20.8. The van der Waals surface area contributed by atoms with Gasteiger partial charge in [-0.05, 0) is 62.4 Å². The minimum Gasteiger partial charge on any atom is -0.462 e. The summed E-state index contributed by atoms with van der Waals surface area (Å²) in [5, 5.41) is 8.20. The van der Waals surface area contributed by atoms with Gasteiger partial charge in [-0.1, -0.05) is 11.6 Å². The Labute approximate surface area is 229 Å². The molecule has 0 spiro atoms. The third-order valence-electron chi connectivity index (χ3n) is 6.21. The number of hydrogen-bond donors (Lipinski definition) is 3. The van der Waals surface area contributed by atoms with E-state index in [1.165, 1.54) is 18.2 Å². The van der Waals surface area contributed by atoms with E-state index in [1.54, 1.807) is 0 Å². The molecule has 3 aromatic carbocycles. The van der Waals surface area contributed by atoms with Gasteiger partial charge in [0.05, 0.1) is 17.1 Å². The van der Waals surface area contributed by atoms with Crippen LogP contribution in [-0.2, 0) is 10.9 Å². The predicted octanol–water partition coefficient (Wildman–Crippen LogP) is 6.30. The van der Waals surface area contributed by atoms with Crippen LogP contribution < -0.4 is 16.0 Å². The average molecular weight is 579 g/mol. The second-order valence-electron chi connectivity index (χ2n) is 9.88. The van der Waals surface area contributed by atoms with Gasteiger partial charge in [-0.25, -0.2) is 13.8 Å². The van der Waals surface area contributed by atoms with Crippen LogP contribution in [0.5, 0.6) is 0 Å². The SMILES string of the molecule is CC1(C)COC(Nc2cc(NC(=O)c3cc(F)cc(C(F)(F)F)c3)c3c(c2)C(=O)NC3c2cc(F)ccc2Cl)=N1. The topological polar surface area (TPSA) is 91.8 Å². The number of fused-ring (bicyclic) bond motifs is 1. The molecule has 0 saturated heterocycles. The van der Waals surface area contributed by atoms with Crippen LogP contribution in [0.1, 0.15) is 57.3 Å². The number of carbonyl (C=O) groups is 2. The first-order valence-corrected chi connectivity index (χ1v) is 12.2. The van der Waals surface area contributed by atoms with Crippen LogP contribution in [0.3, 0.4) is 0 Å².